The van der Waals surface area contributed by atoms with Gasteiger partial charge in [-0.05, 0) is 33.1 Å². The minimum absolute atomic E-state index is 0.0689. The van der Waals surface area contributed by atoms with Gasteiger partial charge in [-0.25, -0.2) is 9.97 Å². The molecule has 0 radical (unpaired) electrons. The highest BCUT2D eigenvalue weighted by Gasteiger charge is 2.33. The average Bonchev–Trinajstić information content (AvgIpc) is 3.24. The molecular weight excluding hydrogens is 383 g/mol. The normalized spacial score (nSPS) is 20.7. The van der Waals surface area contributed by atoms with Crippen LogP contribution in [0.5, 0.6) is 0 Å². The zero-order valence-electron chi connectivity index (χ0n) is 14.5. The predicted molar refractivity (Wildman–Crippen MR) is 96.6 cm³/mol. The lowest BCUT2D eigenvalue weighted by atomic mass is 10.00. The molecule has 2 unspecified atom stereocenters. The summed E-state index contributed by atoms with van der Waals surface area (Å²) in [6.45, 7) is 2.89. The molecule has 2 aromatic heterocycles. The van der Waals surface area contributed by atoms with Crippen LogP contribution in [0.4, 0.5) is 13.2 Å². The minimum atomic E-state index is -4.22. The fourth-order valence-electron chi connectivity index (χ4n) is 3.28. The zero-order chi connectivity index (χ0) is 18.9. The van der Waals surface area contributed by atoms with Crippen LogP contribution in [-0.2, 0) is 11.2 Å². The molecule has 0 saturated heterocycles. The molecule has 0 spiro atoms. The molecule has 1 saturated carbocycles. The molecule has 26 heavy (non-hydrogen) atoms. The molecule has 0 bridgehead atoms. The van der Waals surface area contributed by atoms with E-state index in [1.807, 2.05) is 19.2 Å². The van der Waals surface area contributed by atoms with Crippen molar-refractivity contribution in [2.75, 3.05) is 6.54 Å². The van der Waals surface area contributed by atoms with Gasteiger partial charge in [0.15, 0.2) is 0 Å². The van der Waals surface area contributed by atoms with Crippen molar-refractivity contribution in [1.82, 2.24) is 15.3 Å². The molecule has 2 heterocycles. The molecule has 1 aliphatic carbocycles. The molecule has 1 aliphatic rings. The van der Waals surface area contributed by atoms with Crippen LogP contribution in [-0.4, -0.2) is 34.5 Å². The van der Waals surface area contributed by atoms with E-state index in [9.17, 15) is 18.0 Å². The maximum absolute atomic E-state index is 12.5. The summed E-state index contributed by atoms with van der Waals surface area (Å²) in [5, 5.41) is 6.17. The number of rotatable bonds is 6. The standard InChI is InChI=1S/C17H20F3N3OS2/c1-9-16(26-10(2)22-9)13-7-25-15(23-13)6-14(24)11-3-4-12(5-11)21-8-17(18,19)20/h7,11-12,21H,3-6,8H2,1-2H3. The minimum Gasteiger partial charge on any atom is -0.306 e. The molecule has 1 fully saturated rings. The lowest BCUT2D eigenvalue weighted by molar-refractivity contribution is -0.126. The number of ketones is 1. The van der Waals surface area contributed by atoms with Crippen molar-refractivity contribution in [2.24, 2.45) is 5.92 Å². The monoisotopic (exact) mass is 403 g/mol. The number of aryl methyl sites for hydroxylation is 2. The number of thiazole rings is 2. The molecule has 4 nitrogen and oxygen atoms in total. The fourth-order valence-corrected chi connectivity index (χ4v) is 5.03. The second kappa shape index (κ2) is 7.74. The van der Waals surface area contributed by atoms with Gasteiger partial charge in [0.1, 0.15) is 10.8 Å². The molecule has 9 heteroatoms. The van der Waals surface area contributed by atoms with Gasteiger partial charge >= 0.3 is 6.18 Å². The van der Waals surface area contributed by atoms with Crippen molar-refractivity contribution >= 4 is 28.5 Å². The third-order valence-electron chi connectivity index (χ3n) is 4.49. The first kappa shape index (κ1) is 19.4. The molecule has 0 aliphatic heterocycles. The second-order valence-electron chi connectivity index (χ2n) is 6.62. The van der Waals surface area contributed by atoms with Gasteiger partial charge in [-0.3, -0.25) is 4.79 Å². The van der Waals surface area contributed by atoms with Crippen molar-refractivity contribution < 1.29 is 18.0 Å². The number of hydrogen-bond acceptors (Lipinski definition) is 6. The van der Waals surface area contributed by atoms with E-state index in [-0.39, 0.29) is 24.2 Å². The first-order valence-corrected chi connectivity index (χ1v) is 10.1. The van der Waals surface area contributed by atoms with Gasteiger partial charge in [0, 0.05) is 17.3 Å². The number of nitrogens with zero attached hydrogens (tertiary/aromatic N) is 2. The van der Waals surface area contributed by atoms with Gasteiger partial charge in [-0.2, -0.15) is 13.2 Å². The van der Waals surface area contributed by atoms with Gasteiger partial charge in [0.2, 0.25) is 0 Å². The van der Waals surface area contributed by atoms with E-state index in [2.05, 4.69) is 15.3 Å². The summed E-state index contributed by atoms with van der Waals surface area (Å²) >= 11 is 3.03. The molecule has 1 N–H and O–H groups in total. The van der Waals surface area contributed by atoms with Crippen LogP contribution < -0.4 is 5.32 Å². The van der Waals surface area contributed by atoms with E-state index in [1.165, 1.54) is 11.3 Å². The van der Waals surface area contributed by atoms with E-state index in [0.717, 1.165) is 26.3 Å². The van der Waals surface area contributed by atoms with Gasteiger partial charge < -0.3 is 5.32 Å². The van der Waals surface area contributed by atoms with Crippen molar-refractivity contribution in [2.45, 2.75) is 51.7 Å². The van der Waals surface area contributed by atoms with Crippen LogP contribution in [0.2, 0.25) is 0 Å². The van der Waals surface area contributed by atoms with E-state index in [0.29, 0.717) is 19.3 Å². The van der Waals surface area contributed by atoms with Crippen LogP contribution >= 0.6 is 22.7 Å². The number of aromatic nitrogens is 2. The average molecular weight is 403 g/mol. The van der Waals surface area contributed by atoms with Crippen molar-refractivity contribution in [3.63, 3.8) is 0 Å². The summed E-state index contributed by atoms with van der Waals surface area (Å²) in [5.41, 5.74) is 1.78. The molecule has 0 aromatic carbocycles. The summed E-state index contributed by atoms with van der Waals surface area (Å²) < 4.78 is 36.9. The Bertz CT molecular complexity index is 785. The molecule has 0 amide bonds. The van der Waals surface area contributed by atoms with Crippen LogP contribution in [0.3, 0.4) is 0 Å². The Morgan fingerprint density at radius 1 is 1.31 bits per heavy atom. The Morgan fingerprint density at radius 2 is 2.08 bits per heavy atom. The number of alkyl halides is 3. The third kappa shape index (κ3) is 4.89. The Morgan fingerprint density at radius 3 is 2.73 bits per heavy atom. The number of carbonyl (C=O) groups excluding carboxylic acids is 1. The van der Waals surface area contributed by atoms with Crippen LogP contribution in [0.15, 0.2) is 5.38 Å². The van der Waals surface area contributed by atoms with Gasteiger partial charge in [-0.1, -0.05) is 0 Å². The van der Waals surface area contributed by atoms with E-state index in [1.54, 1.807) is 11.3 Å². The topological polar surface area (TPSA) is 54.9 Å². The van der Waals surface area contributed by atoms with E-state index in [4.69, 9.17) is 0 Å². The zero-order valence-corrected chi connectivity index (χ0v) is 16.2. The molecule has 142 valence electrons. The highest BCUT2D eigenvalue weighted by molar-refractivity contribution is 7.16. The molecular formula is C17H20F3N3OS2. The number of halogens is 3. The van der Waals surface area contributed by atoms with Gasteiger partial charge in [-0.15, -0.1) is 22.7 Å². The summed E-state index contributed by atoms with van der Waals surface area (Å²) in [4.78, 5) is 22.5. The maximum atomic E-state index is 12.5. The summed E-state index contributed by atoms with van der Waals surface area (Å²) in [6.07, 6.45) is -2.25. The van der Waals surface area contributed by atoms with Crippen molar-refractivity contribution in [3.05, 3.63) is 21.1 Å². The number of nitrogens with one attached hydrogen (secondary N) is 1. The Kier molecular flexibility index (Phi) is 5.78. The molecule has 2 aromatic rings. The lowest BCUT2D eigenvalue weighted by Crippen LogP contribution is -2.35. The Hall–Kier alpha value is -1.32. The van der Waals surface area contributed by atoms with Crippen LogP contribution in [0, 0.1) is 19.8 Å². The van der Waals surface area contributed by atoms with Gasteiger partial charge in [0.25, 0.3) is 0 Å². The lowest BCUT2D eigenvalue weighted by Gasteiger charge is -2.14. The second-order valence-corrected chi connectivity index (χ2v) is 8.77. The maximum Gasteiger partial charge on any atom is 0.401 e. The van der Waals surface area contributed by atoms with Crippen LogP contribution in [0.25, 0.3) is 10.6 Å². The number of carbonyl (C=O) groups is 1. The third-order valence-corrected chi connectivity index (χ3v) is 6.44. The fraction of sp³-hybridized carbons (Fsp3) is 0.588. The highest BCUT2D eigenvalue weighted by atomic mass is 32.1. The Balaban J connectivity index is 1.55. The van der Waals surface area contributed by atoms with Crippen molar-refractivity contribution in [1.29, 1.82) is 0 Å². The first-order chi connectivity index (χ1) is 12.2. The summed E-state index contributed by atoms with van der Waals surface area (Å²) in [5.74, 6) is -0.111. The predicted octanol–water partition coefficient (Wildman–Crippen LogP) is 4.32. The van der Waals surface area contributed by atoms with Crippen molar-refractivity contribution in [3.8, 4) is 10.6 Å². The highest BCUT2D eigenvalue weighted by Crippen LogP contribution is 2.32. The number of Topliss-reactive ketones (excluding diaryl/α,β-unsaturated/α-hetero) is 1. The smallest absolute Gasteiger partial charge is 0.306 e. The largest absolute Gasteiger partial charge is 0.401 e. The SMILES string of the molecule is Cc1nc(C)c(-c2csc(CC(=O)C3CCC(NCC(F)(F)F)C3)n2)s1. The Labute approximate surface area is 157 Å². The van der Waals surface area contributed by atoms with E-state index < -0.39 is 12.7 Å². The first-order valence-electron chi connectivity index (χ1n) is 8.43. The molecule has 3 rings (SSSR count). The quantitative estimate of drug-likeness (QED) is 0.781. The number of hydrogen-bond donors (Lipinski definition) is 1. The van der Waals surface area contributed by atoms with E-state index >= 15 is 0 Å². The van der Waals surface area contributed by atoms with Gasteiger partial charge in [0.05, 0.1) is 34.2 Å². The summed E-state index contributed by atoms with van der Waals surface area (Å²) in [7, 11) is 0. The summed E-state index contributed by atoms with van der Waals surface area (Å²) in [6, 6.07) is -0.236. The van der Waals surface area contributed by atoms with Crippen LogP contribution in [0.1, 0.15) is 35.0 Å². The molecule has 2 atom stereocenters.